The standard InChI is InChI=1S/C21H31N3O7/c22-6-7-28-8-9-29-10-11-30-12-13-31-18-3-1-2-16(20(23)26)17(18)14-15-4-5-19(25)24-21(15)27/h1-3,15H,4-14,22H2,(H2,23,26)(H,24,25,27). The van der Waals surface area contributed by atoms with E-state index in [-0.39, 0.29) is 31.3 Å². The second kappa shape index (κ2) is 13.7. The number of primary amides is 1. The Labute approximate surface area is 181 Å². The number of nitrogens with two attached hydrogens (primary N) is 2. The molecule has 1 saturated heterocycles. The van der Waals surface area contributed by atoms with Crippen molar-refractivity contribution in [1.82, 2.24) is 5.32 Å². The van der Waals surface area contributed by atoms with Crippen LogP contribution in [0, 0.1) is 5.92 Å². The molecule has 3 amide bonds. The van der Waals surface area contributed by atoms with Gasteiger partial charge in [0, 0.05) is 30.0 Å². The van der Waals surface area contributed by atoms with Gasteiger partial charge in [-0.15, -0.1) is 0 Å². The molecule has 1 fully saturated rings. The van der Waals surface area contributed by atoms with E-state index < -0.39 is 11.8 Å². The molecule has 5 N–H and O–H groups in total. The van der Waals surface area contributed by atoms with Gasteiger partial charge in [-0.05, 0) is 25.0 Å². The van der Waals surface area contributed by atoms with E-state index in [9.17, 15) is 14.4 Å². The van der Waals surface area contributed by atoms with Crippen LogP contribution in [0.3, 0.4) is 0 Å². The van der Waals surface area contributed by atoms with Crippen molar-refractivity contribution in [1.29, 1.82) is 0 Å². The van der Waals surface area contributed by atoms with Crippen LogP contribution in [-0.4, -0.2) is 70.5 Å². The van der Waals surface area contributed by atoms with Gasteiger partial charge in [0.1, 0.15) is 12.4 Å². The van der Waals surface area contributed by atoms with Crippen molar-refractivity contribution in [3.63, 3.8) is 0 Å². The Morgan fingerprint density at radius 1 is 1.00 bits per heavy atom. The molecule has 172 valence electrons. The number of hydrogen-bond acceptors (Lipinski definition) is 8. The molecule has 0 spiro atoms. The van der Waals surface area contributed by atoms with E-state index in [4.69, 9.17) is 30.4 Å². The molecule has 2 rings (SSSR count). The maximum Gasteiger partial charge on any atom is 0.249 e. The molecule has 1 unspecified atom stereocenters. The lowest BCUT2D eigenvalue weighted by molar-refractivity contribution is -0.136. The van der Waals surface area contributed by atoms with Gasteiger partial charge < -0.3 is 30.4 Å². The minimum absolute atomic E-state index is 0.254. The summed E-state index contributed by atoms with van der Waals surface area (Å²) in [4.78, 5) is 35.4. The van der Waals surface area contributed by atoms with E-state index in [0.29, 0.717) is 69.5 Å². The predicted octanol–water partition coefficient (Wildman–Crippen LogP) is -0.232. The molecule has 10 nitrogen and oxygen atoms in total. The monoisotopic (exact) mass is 437 g/mol. The van der Waals surface area contributed by atoms with Crippen LogP contribution in [0.15, 0.2) is 18.2 Å². The Hall–Kier alpha value is -2.53. The summed E-state index contributed by atoms with van der Waals surface area (Å²) < 4.78 is 21.8. The van der Waals surface area contributed by atoms with Crippen molar-refractivity contribution in [2.45, 2.75) is 19.3 Å². The Balaban J connectivity index is 1.80. The van der Waals surface area contributed by atoms with Crippen molar-refractivity contribution in [3.05, 3.63) is 29.3 Å². The summed E-state index contributed by atoms with van der Waals surface area (Å²) in [5, 5.41) is 2.33. The lowest BCUT2D eigenvalue weighted by Gasteiger charge is -2.23. The minimum Gasteiger partial charge on any atom is -0.491 e. The molecule has 1 aliphatic rings. The third-order valence-corrected chi connectivity index (χ3v) is 4.69. The van der Waals surface area contributed by atoms with Crippen LogP contribution in [0.25, 0.3) is 0 Å². The summed E-state index contributed by atoms with van der Waals surface area (Å²) in [5.41, 5.74) is 11.7. The van der Waals surface area contributed by atoms with E-state index >= 15 is 0 Å². The predicted molar refractivity (Wildman–Crippen MR) is 112 cm³/mol. The highest BCUT2D eigenvalue weighted by Crippen LogP contribution is 2.28. The second-order valence-corrected chi connectivity index (χ2v) is 6.97. The van der Waals surface area contributed by atoms with E-state index in [1.165, 1.54) is 0 Å². The zero-order valence-corrected chi connectivity index (χ0v) is 17.6. The van der Waals surface area contributed by atoms with Crippen molar-refractivity contribution >= 4 is 17.7 Å². The number of imide groups is 1. The van der Waals surface area contributed by atoms with Gasteiger partial charge >= 0.3 is 0 Å². The molecular weight excluding hydrogens is 406 g/mol. The van der Waals surface area contributed by atoms with Crippen molar-refractivity contribution in [3.8, 4) is 5.75 Å². The van der Waals surface area contributed by atoms with Gasteiger partial charge in [-0.3, -0.25) is 19.7 Å². The Kier molecular flexibility index (Phi) is 10.9. The second-order valence-electron chi connectivity index (χ2n) is 6.97. The molecule has 0 bridgehead atoms. The number of piperidine rings is 1. The fraction of sp³-hybridized carbons (Fsp3) is 0.571. The normalized spacial score (nSPS) is 16.2. The van der Waals surface area contributed by atoms with Gasteiger partial charge in [0.05, 0.1) is 39.6 Å². The third kappa shape index (κ3) is 8.62. The number of hydrogen-bond donors (Lipinski definition) is 3. The van der Waals surface area contributed by atoms with Gasteiger partial charge in [0.2, 0.25) is 17.7 Å². The number of carbonyl (C=O) groups is 3. The summed E-state index contributed by atoms with van der Waals surface area (Å²) >= 11 is 0. The number of amides is 3. The summed E-state index contributed by atoms with van der Waals surface area (Å²) in [6, 6.07) is 4.99. The number of rotatable bonds is 15. The van der Waals surface area contributed by atoms with Gasteiger partial charge in [-0.25, -0.2) is 0 Å². The minimum atomic E-state index is -0.600. The van der Waals surface area contributed by atoms with Crippen LogP contribution in [0.2, 0.25) is 0 Å². The molecule has 1 aromatic carbocycles. The van der Waals surface area contributed by atoms with Crippen LogP contribution >= 0.6 is 0 Å². The van der Waals surface area contributed by atoms with Crippen molar-refractivity contribution in [2.24, 2.45) is 17.4 Å². The van der Waals surface area contributed by atoms with Crippen molar-refractivity contribution < 1.29 is 33.3 Å². The van der Waals surface area contributed by atoms with Gasteiger partial charge in [0.15, 0.2) is 0 Å². The van der Waals surface area contributed by atoms with Crippen LogP contribution in [0.4, 0.5) is 0 Å². The third-order valence-electron chi connectivity index (χ3n) is 4.69. The molecule has 1 atom stereocenters. The Bertz CT molecular complexity index is 742. The highest BCUT2D eigenvalue weighted by atomic mass is 16.6. The quantitative estimate of drug-likeness (QED) is 0.251. The van der Waals surface area contributed by atoms with Gasteiger partial charge in [-0.1, -0.05) is 6.07 Å². The van der Waals surface area contributed by atoms with Crippen LogP contribution in [-0.2, 0) is 30.2 Å². The van der Waals surface area contributed by atoms with Gasteiger partial charge in [-0.2, -0.15) is 0 Å². The summed E-state index contributed by atoms with van der Waals surface area (Å²) in [7, 11) is 0. The smallest absolute Gasteiger partial charge is 0.249 e. The zero-order chi connectivity index (χ0) is 22.5. The Morgan fingerprint density at radius 2 is 1.65 bits per heavy atom. The Morgan fingerprint density at radius 3 is 2.26 bits per heavy atom. The van der Waals surface area contributed by atoms with Crippen LogP contribution < -0.4 is 21.5 Å². The highest BCUT2D eigenvalue weighted by Gasteiger charge is 2.29. The molecule has 0 radical (unpaired) electrons. The number of nitrogens with one attached hydrogen (secondary N) is 1. The van der Waals surface area contributed by atoms with Crippen molar-refractivity contribution in [2.75, 3.05) is 52.8 Å². The first-order valence-electron chi connectivity index (χ1n) is 10.3. The molecule has 1 heterocycles. The highest BCUT2D eigenvalue weighted by molar-refractivity contribution is 5.99. The summed E-state index contributed by atoms with van der Waals surface area (Å²) in [5.74, 6) is -1.19. The topological polar surface area (TPSA) is 152 Å². The number of benzene rings is 1. The molecular formula is C21H31N3O7. The fourth-order valence-electron chi connectivity index (χ4n) is 3.16. The zero-order valence-electron chi connectivity index (χ0n) is 17.6. The first-order chi connectivity index (χ1) is 15.0. The molecule has 0 aromatic heterocycles. The summed E-state index contributed by atoms with van der Waals surface area (Å²) in [6.45, 7) is 3.39. The molecule has 0 saturated carbocycles. The summed E-state index contributed by atoms with van der Waals surface area (Å²) in [6.07, 6.45) is 0.937. The first-order valence-corrected chi connectivity index (χ1v) is 10.3. The molecule has 0 aliphatic carbocycles. The average molecular weight is 437 g/mol. The fourth-order valence-corrected chi connectivity index (χ4v) is 3.16. The SMILES string of the molecule is NCCOCCOCCOCCOc1cccc(C(N)=O)c1CC1CCC(=O)NC1=O. The lowest BCUT2D eigenvalue weighted by Crippen LogP contribution is -2.41. The number of ether oxygens (including phenoxy) is 4. The first kappa shape index (κ1) is 24.7. The van der Waals surface area contributed by atoms with E-state index in [0.717, 1.165) is 0 Å². The largest absolute Gasteiger partial charge is 0.491 e. The van der Waals surface area contributed by atoms with Crippen LogP contribution in [0.1, 0.15) is 28.8 Å². The van der Waals surface area contributed by atoms with E-state index in [1.807, 2.05) is 0 Å². The lowest BCUT2D eigenvalue weighted by atomic mass is 9.88. The molecule has 10 heteroatoms. The van der Waals surface area contributed by atoms with E-state index in [2.05, 4.69) is 5.32 Å². The van der Waals surface area contributed by atoms with E-state index in [1.54, 1.807) is 18.2 Å². The number of carbonyl (C=O) groups excluding carboxylic acids is 3. The average Bonchev–Trinajstić information content (AvgIpc) is 2.74. The molecule has 1 aliphatic heterocycles. The van der Waals surface area contributed by atoms with Gasteiger partial charge in [0.25, 0.3) is 0 Å². The molecule has 31 heavy (non-hydrogen) atoms. The maximum atomic E-state index is 12.1. The van der Waals surface area contributed by atoms with Crippen LogP contribution in [0.5, 0.6) is 5.75 Å². The maximum absolute atomic E-state index is 12.1. The molecule has 1 aromatic rings.